The van der Waals surface area contributed by atoms with Crippen molar-refractivity contribution in [1.82, 2.24) is 4.90 Å². The Balaban J connectivity index is 1.44. The van der Waals surface area contributed by atoms with Crippen molar-refractivity contribution < 1.29 is 4.79 Å². The van der Waals surface area contributed by atoms with Gasteiger partial charge >= 0.3 is 0 Å². The molecule has 0 aliphatic heterocycles. The summed E-state index contributed by atoms with van der Waals surface area (Å²) in [7, 11) is 2.06. The minimum Gasteiger partial charge on any atom is -0.341 e. The van der Waals surface area contributed by atoms with Crippen molar-refractivity contribution in [2.75, 3.05) is 7.05 Å². The number of halogens is 1. The van der Waals surface area contributed by atoms with E-state index in [0.717, 1.165) is 23.7 Å². The molecule has 106 valence electrons. The smallest absolute Gasteiger partial charge is 0.226 e. The third kappa shape index (κ3) is 1.83. The van der Waals surface area contributed by atoms with E-state index in [-0.39, 0.29) is 0 Å². The number of fused-ring (bicyclic) bond motifs is 5. The Morgan fingerprint density at radius 1 is 1.05 bits per heavy atom. The maximum atomic E-state index is 12.8. The van der Waals surface area contributed by atoms with Crippen LogP contribution in [0.5, 0.6) is 0 Å². The minimum absolute atomic E-state index is 0.415. The van der Waals surface area contributed by atoms with E-state index < -0.39 is 0 Å². The van der Waals surface area contributed by atoms with E-state index in [1.807, 2.05) is 0 Å². The van der Waals surface area contributed by atoms with Gasteiger partial charge in [0.15, 0.2) is 0 Å². The van der Waals surface area contributed by atoms with Crippen molar-refractivity contribution in [3.05, 3.63) is 0 Å². The predicted molar refractivity (Wildman–Crippen MR) is 79.0 cm³/mol. The second kappa shape index (κ2) is 4.47. The number of hydrogen-bond acceptors (Lipinski definition) is 1. The Kier molecular flexibility index (Phi) is 2.98. The van der Waals surface area contributed by atoms with E-state index in [2.05, 4.69) is 27.9 Å². The number of rotatable bonds is 2. The van der Waals surface area contributed by atoms with Crippen LogP contribution in [0.3, 0.4) is 0 Å². The van der Waals surface area contributed by atoms with Crippen LogP contribution in [0.1, 0.15) is 44.9 Å². The van der Waals surface area contributed by atoms with Crippen LogP contribution in [0.15, 0.2) is 0 Å². The van der Waals surface area contributed by atoms with Gasteiger partial charge in [-0.2, -0.15) is 0 Å². The van der Waals surface area contributed by atoms with Crippen LogP contribution in [0.25, 0.3) is 0 Å². The summed E-state index contributed by atoms with van der Waals surface area (Å²) in [5.41, 5.74) is 0. The average Bonchev–Trinajstić information content (AvgIpc) is 2.85. The van der Waals surface area contributed by atoms with Crippen LogP contribution >= 0.6 is 15.9 Å². The monoisotopic (exact) mass is 325 g/mol. The zero-order chi connectivity index (χ0) is 13.1. The minimum atomic E-state index is 0.415. The normalized spacial score (nSPS) is 50.9. The van der Waals surface area contributed by atoms with Crippen LogP contribution in [0.2, 0.25) is 0 Å². The summed E-state index contributed by atoms with van der Waals surface area (Å²) < 4.78 is 0. The molecular formula is C16H24BrNO. The molecule has 1 amide bonds. The Hall–Kier alpha value is -0.0500. The van der Waals surface area contributed by atoms with Gasteiger partial charge in [0, 0.05) is 23.8 Å². The van der Waals surface area contributed by atoms with E-state index in [0.29, 0.717) is 22.7 Å². The van der Waals surface area contributed by atoms with Crippen LogP contribution in [0, 0.1) is 29.6 Å². The molecule has 4 fully saturated rings. The van der Waals surface area contributed by atoms with Crippen LogP contribution in [-0.2, 0) is 4.79 Å². The summed E-state index contributed by atoms with van der Waals surface area (Å²) in [6.45, 7) is 0. The van der Waals surface area contributed by atoms with Crippen molar-refractivity contribution in [3.63, 3.8) is 0 Å². The van der Waals surface area contributed by atoms with Crippen molar-refractivity contribution in [2.45, 2.75) is 55.8 Å². The molecule has 4 aliphatic carbocycles. The second-order valence-corrected chi connectivity index (χ2v) is 8.51. The first-order valence-corrected chi connectivity index (χ1v) is 9.01. The number of amides is 1. The highest BCUT2D eigenvalue weighted by molar-refractivity contribution is 9.09. The number of carbonyl (C=O) groups excluding carboxylic acids is 1. The van der Waals surface area contributed by atoms with Gasteiger partial charge in [-0.3, -0.25) is 4.79 Å². The molecule has 0 N–H and O–H groups in total. The molecule has 0 saturated heterocycles. The first-order valence-electron chi connectivity index (χ1n) is 8.09. The van der Waals surface area contributed by atoms with Gasteiger partial charge in [0.25, 0.3) is 0 Å². The first-order chi connectivity index (χ1) is 9.18. The fourth-order valence-electron chi connectivity index (χ4n) is 5.56. The molecular weight excluding hydrogens is 302 g/mol. The van der Waals surface area contributed by atoms with E-state index >= 15 is 0 Å². The third-order valence-electron chi connectivity index (χ3n) is 6.51. The zero-order valence-corrected chi connectivity index (χ0v) is 13.3. The fraction of sp³-hybridized carbons (Fsp3) is 0.938. The first kappa shape index (κ1) is 12.7. The number of alkyl halides is 1. The largest absolute Gasteiger partial charge is 0.341 e. The molecule has 4 saturated carbocycles. The molecule has 6 atom stereocenters. The van der Waals surface area contributed by atoms with Gasteiger partial charge in [-0.15, -0.1) is 0 Å². The maximum absolute atomic E-state index is 12.8. The number of hydrogen-bond donors (Lipinski definition) is 0. The van der Waals surface area contributed by atoms with E-state index in [9.17, 15) is 4.79 Å². The highest BCUT2D eigenvalue weighted by Gasteiger charge is 2.68. The van der Waals surface area contributed by atoms with Gasteiger partial charge in [0.2, 0.25) is 5.91 Å². The summed E-state index contributed by atoms with van der Waals surface area (Å²) in [6.07, 6.45) is 9.26. The van der Waals surface area contributed by atoms with Gasteiger partial charge in [0.05, 0.1) is 0 Å². The summed E-state index contributed by atoms with van der Waals surface area (Å²) in [5, 5.41) is 0. The molecule has 0 aromatic heterocycles. The predicted octanol–water partition coefficient (Wildman–Crippen LogP) is 3.44. The Morgan fingerprint density at radius 2 is 1.68 bits per heavy atom. The second-order valence-electron chi connectivity index (χ2n) is 7.33. The third-order valence-corrected chi connectivity index (χ3v) is 7.58. The standard InChI is InChI=1S/C16H24BrNO/c1-18(12-5-3-2-4-11(12)17)16(19)15-13-9-6-7-10(8-9)14(13)15/h9-15H,2-8H2,1H3. The number of carbonyl (C=O) groups is 1. The van der Waals surface area contributed by atoms with Crippen LogP contribution in [-0.4, -0.2) is 28.7 Å². The summed E-state index contributed by atoms with van der Waals surface area (Å²) in [5.74, 6) is 4.27. The van der Waals surface area contributed by atoms with Gasteiger partial charge in [-0.05, 0) is 55.8 Å². The van der Waals surface area contributed by atoms with Crippen LogP contribution in [0.4, 0.5) is 0 Å². The topological polar surface area (TPSA) is 20.3 Å². The lowest BCUT2D eigenvalue weighted by Crippen LogP contribution is -2.45. The zero-order valence-electron chi connectivity index (χ0n) is 11.7. The molecule has 2 bridgehead atoms. The fourth-order valence-corrected chi connectivity index (χ4v) is 6.50. The summed E-state index contributed by atoms with van der Waals surface area (Å²) >= 11 is 3.80. The SMILES string of the molecule is CN(C(=O)C1C2C3CCC(C3)C12)C1CCCCC1Br. The molecule has 0 aromatic rings. The van der Waals surface area contributed by atoms with Crippen molar-refractivity contribution >= 4 is 21.8 Å². The molecule has 3 heteroatoms. The lowest BCUT2D eigenvalue weighted by molar-refractivity contribution is -0.134. The Bertz CT molecular complexity index is 382. The van der Waals surface area contributed by atoms with E-state index in [1.165, 1.54) is 44.9 Å². The maximum Gasteiger partial charge on any atom is 0.226 e. The van der Waals surface area contributed by atoms with Gasteiger partial charge in [-0.25, -0.2) is 0 Å². The quantitative estimate of drug-likeness (QED) is 0.712. The lowest BCUT2D eigenvalue weighted by atomic mass is 9.93. The van der Waals surface area contributed by atoms with Crippen molar-refractivity contribution in [1.29, 1.82) is 0 Å². The summed E-state index contributed by atoms with van der Waals surface area (Å²) in [4.78, 5) is 15.4. The highest BCUT2D eigenvalue weighted by Crippen LogP contribution is 2.69. The van der Waals surface area contributed by atoms with Crippen LogP contribution < -0.4 is 0 Å². The number of nitrogens with zero attached hydrogens (tertiary/aromatic N) is 1. The Morgan fingerprint density at radius 3 is 2.32 bits per heavy atom. The molecule has 2 nitrogen and oxygen atoms in total. The highest BCUT2D eigenvalue weighted by atomic mass is 79.9. The average molecular weight is 326 g/mol. The summed E-state index contributed by atoms with van der Waals surface area (Å²) in [6, 6.07) is 0.445. The van der Waals surface area contributed by atoms with Gasteiger partial charge in [0.1, 0.15) is 0 Å². The molecule has 0 aromatic carbocycles. The van der Waals surface area contributed by atoms with Crippen molar-refractivity contribution in [2.24, 2.45) is 29.6 Å². The molecule has 0 spiro atoms. The molecule has 4 aliphatic rings. The molecule has 6 unspecified atom stereocenters. The molecule has 19 heavy (non-hydrogen) atoms. The molecule has 0 heterocycles. The molecule has 0 radical (unpaired) electrons. The van der Waals surface area contributed by atoms with Crippen molar-refractivity contribution in [3.8, 4) is 0 Å². The van der Waals surface area contributed by atoms with Gasteiger partial charge < -0.3 is 4.90 Å². The van der Waals surface area contributed by atoms with E-state index in [1.54, 1.807) is 0 Å². The molecule has 4 rings (SSSR count). The van der Waals surface area contributed by atoms with E-state index in [4.69, 9.17) is 0 Å². The Labute approximate surface area is 124 Å². The van der Waals surface area contributed by atoms with Gasteiger partial charge in [-0.1, -0.05) is 28.8 Å². The lowest BCUT2D eigenvalue weighted by Gasteiger charge is -2.35.